The van der Waals surface area contributed by atoms with Crippen LogP contribution in [-0.2, 0) is 21.6 Å². The average molecular weight is 547 g/mol. The van der Waals surface area contributed by atoms with Gasteiger partial charge in [0.1, 0.15) is 0 Å². The fourth-order valence-electron chi connectivity index (χ4n) is 5.19. The lowest BCUT2D eigenvalue weighted by Gasteiger charge is -2.37. The number of anilines is 2. The lowest BCUT2D eigenvalue weighted by atomic mass is 9.87. The molecule has 6 nitrogen and oxygen atoms in total. The molecule has 0 aliphatic carbocycles. The molecule has 0 radical (unpaired) electrons. The van der Waals surface area contributed by atoms with Crippen molar-refractivity contribution < 1.29 is 22.7 Å². The molecular weight excluding hydrogens is 505 g/mol. The third-order valence-corrected chi connectivity index (χ3v) is 7.69. The summed E-state index contributed by atoms with van der Waals surface area (Å²) in [5.74, 6) is 0.211. The summed E-state index contributed by atoms with van der Waals surface area (Å²) in [5.41, 5.74) is 4.09. The average Bonchev–Trinajstić information content (AvgIpc) is 2.91. The third kappa shape index (κ3) is 8.86. The maximum Gasteiger partial charge on any atom is 0.522 e. The number of hydrogen-bond acceptors (Lipinski definition) is 5. The van der Waals surface area contributed by atoms with E-state index in [1.165, 1.54) is 11.3 Å². The summed E-state index contributed by atoms with van der Waals surface area (Å²) in [6.45, 7) is 12.3. The minimum Gasteiger partial charge on any atom is -0.382 e. The number of carbonyl (C=O) groups is 1. The van der Waals surface area contributed by atoms with E-state index in [1.807, 2.05) is 4.90 Å². The molecule has 2 heterocycles. The summed E-state index contributed by atoms with van der Waals surface area (Å²) in [6.07, 6.45) is -2.40. The lowest BCUT2D eigenvalue weighted by molar-refractivity contribution is -0.330. The Labute approximate surface area is 230 Å². The van der Waals surface area contributed by atoms with Gasteiger partial charge in [0.05, 0.1) is 6.61 Å². The first-order valence-electron chi connectivity index (χ1n) is 13.9. The molecule has 0 saturated carbocycles. The number of nitrogens with zero attached hydrogens (tertiary/aromatic N) is 3. The Balaban J connectivity index is 1.13. The summed E-state index contributed by atoms with van der Waals surface area (Å²) < 4.78 is 40.5. The molecule has 0 bridgehead atoms. The van der Waals surface area contributed by atoms with Gasteiger partial charge in [-0.1, -0.05) is 45.0 Å². The monoisotopic (exact) mass is 546 g/mol. The van der Waals surface area contributed by atoms with Crippen molar-refractivity contribution in [2.75, 3.05) is 56.0 Å². The number of nitrogens with one attached hydrogen (secondary N) is 1. The van der Waals surface area contributed by atoms with Crippen molar-refractivity contribution in [3.63, 3.8) is 0 Å². The second-order valence-electron chi connectivity index (χ2n) is 11.6. The Morgan fingerprint density at radius 2 is 1.51 bits per heavy atom. The van der Waals surface area contributed by atoms with E-state index in [-0.39, 0.29) is 17.4 Å². The van der Waals surface area contributed by atoms with E-state index in [4.69, 9.17) is 0 Å². The van der Waals surface area contributed by atoms with Crippen molar-refractivity contribution in [2.24, 2.45) is 0 Å². The van der Waals surface area contributed by atoms with Gasteiger partial charge in [-0.3, -0.25) is 14.4 Å². The Morgan fingerprint density at radius 3 is 2.08 bits per heavy atom. The van der Waals surface area contributed by atoms with Gasteiger partial charge in [0, 0.05) is 69.7 Å². The SMILES string of the molecule is CC(C)(C)c1ccc(N2CCN(CCC(=O)N3CCC(Nc4ccc(COC(F)(F)F)cc4)CC3)CC2)cc1. The largest absolute Gasteiger partial charge is 0.522 e. The normalized spacial score (nSPS) is 17.9. The lowest BCUT2D eigenvalue weighted by Crippen LogP contribution is -2.48. The molecule has 39 heavy (non-hydrogen) atoms. The number of alkyl halides is 3. The van der Waals surface area contributed by atoms with Crippen LogP contribution in [-0.4, -0.2) is 73.9 Å². The topological polar surface area (TPSA) is 48.0 Å². The molecule has 0 spiro atoms. The minimum absolute atomic E-state index is 0.155. The maximum absolute atomic E-state index is 12.9. The van der Waals surface area contributed by atoms with E-state index < -0.39 is 13.0 Å². The number of benzene rings is 2. The van der Waals surface area contributed by atoms with Gasteiger partial charge in [-0.25, -0.2) is 0 Å². The predicted molar refractivity (Wildman–Crippen MR) is 149 cm³/mol. The molecule has 4 rings (SSSR count). The van der Waals surface area contributed by atoms with Crippen molar-refractivity contribution in [1.29, 1.82) is 0 Å². The summed E-state index contributed by atoms with van der Waals surface area (Å²) in [5, 5.41) is 3.44. The van der Waals surface area contributed by atoms with Crippen LogP contribution in [0.5, 0.6) is 0 Å². The van der Waals surface area contributed by atoms with Crippen LogP contribution in [0.1, 0.15) is 51.2 Å². The number of piperidine rings is 1. The van der Waals surface area contributed by atoms with Gasteiger partial charge in [-0.15, -0.1) is 13.2 Å². The molecule has 1 N–H and O–H groups in total. The van der Waals surface area contributed by atoms with Crippen molar-refractivity contribution in [1.82, 2.24) is 9.80 Å². The van der Waals surface area contributed by atoms with Crippen LogP contribution in [0.2, 0.25) is 0 Å². The van der Waals surface area contributed by atoms with E-state index in [2.05, 4.69) is 64.9 Å². The third-order valence-electron chi connectivity index (χ3n) is 7.69. The van der Waals surface area contributed by atoms with E-state index in [0.717, 1.165) is 51.3 Å². The molecule has 2 saturated heterocycles. The molecule has 2 fully saturated rings. The van der Waals surface area contributed by atoms with Crippen molar-refractivity contribution in [3.05, 3.63) is 59.7 Å². The summed E-state index contributed by atoms with van der Waals surface area (Å²) in [4.78, 5) is 19.6. The fraction of sp³-hybridized carbons (Fsp3) is 0.567. The number of halogens is 3. The van der Waals surface area contributed by atoms with Gasteiger partial charge in [-0.2, -0.15) is 0 Å². The second kappa shape index (κ2) is 12.6. The Hall–Kier alpha value is -2.78. The van der Waals surface area contributed by atoms with Crippen LogP contribution in [0.15, 0.2) is 48.5 Å². The number of amides is 1. The standard InChI is InChI=1S/C30H41F3N4O2/c1-29(2,3)24-6-10-27(11-7-24)36-20-18-35(19-21-36)15-14-28(38)37-16-12-26(13-17-37)34-25-8-4-23(5-9-25)22-39-30(31,32)33/h4-11,26,34H,12-22H2,1-3H3. The number of piperazine rings is 1. The minimum atomic E-state index is -4.63. The van der Waals surface area contributed by atoms with Crippen LogP contribution in [0.25, 0.3) is 0 Å². The molecule has 214 valence electrons. The van der Waals surface area contributed by atoms with E-state index in [9.17, 15) is 18.0 Å². The zero-order valence-electron chi connectivity index (χ0n) is 23.3. The molecule has 0 atom stereocenters. The molecule has 2 aromatic rings. The number of hydrogen-bond donors (Lipinski definition) is 1. The van der Waals surface area contributed by atoms with Gasteiger partial charge in [0.2, 0.25) is 5.91 Å². The molecule has 2 aromatic carbocycles. The number of likely N-dealkylation sites (tertiary alicyclic amines) is 1. The highest BCUT2D eigenvalue weighted by Gasteiger charge is 2.29. The highest BCUT2D eigenvalue weighted by molar-refractivity contribution is 5.76. The highest BCUT2D eigenvalue weighted by atomic mass is 19.4. The first-order valence-corrected chi connectivity index (χ1v) is 13.9. The van der Waals surface area contributed by atoms with Gasteiger partial charge in [0.15, 0.2) is 0 Å². The molecule has 0 aromatic heterocycles. The molecule has 1 amide bonds. The second-order valence-corrected chi connectivity index (χ2v) is 11.6. The number of ether oxygens (including phenoxy) is 1. The summed E-state index contributed by atoms with van der Waals surface area (Å²) in [7, 11) is 0. The van der Waals surface area contributed by atoms with E-state index in [0.29, 0.717) is 25.1 Å². The first kappa shape index (κ1) is 29.2. The van der Waals surface area contributed by atoms with Gasteiger partial charge in [-0.05, 0) is 53.6 Å². The van der Waals surface area contributed by atoms with Gasteiger partial charge < -0.3 is 15.1 Å². The van der Waals surface area contributed by atoms with Crippen LogP contribution >= 0.6 is 0 Å². The summed E-state index contributed by atoms with van der Waals surface area (Å²) in [6, 6.07) is 15.9. The first-order chi connectivity index (χ1) is 18.5. The number of carbonyl (C=O) groups excluding carboxylic acids is 1. The zero-order valence-corrected chi connectivity index (χ0v) is 23.3. The Kier molecular flexibility index (Phi) is 9.43. The maximum atomic E-state index is 12.9. The predicted octanol–water partition coefficient (Wildman–Crippen LogP) is 5.64. The van der Waals surface area contributed by atoms with Crippen LogP contribution in [0.3, 0.4) is 0 Å². The smallest absolute Gasteiger partial charge is 0.382 e. The van der Waals surface area contributed by atoms with E-state index >= 15 is 0 Å². The Morgan fingerprint density at radius 1 is 0.897 bits per heavy atom. The highest BCUT2D eigenvalue weighted by Crippen LogP contribution is 2.26. The van der Waals surface area contributed by atoms with E-state index in [1.54, 1.807) is 24.3 Å². The molecule has 2 aliphatic rings. The van der Waals surface area contributed by atoms with Crippen LogP contribution < -0.4 is 10.2 Å². The van der Waals surface area contributed by atoms with Crippen LogP contribution in [0, 0.1) is 0 Å². The molecule has 0 unspecified atom stereocenters. The zero-order chi connectivity index (χ0) is 28.0. The van der Waals surface area contributed by atoms with Gasteiger partial charge >= 0.3 is 6.36 Å². The quantitative estimate of drug-likeness (QED) is 0.465. The van der Waals surface area contributed by atoms with Crippen molar-refractivity contribution >= 4 is 17.3 Å². The van der Waals surface area contributed by atoms with Crippen LogP contribution in [0.4, 0.5) is 24.5 Å². The molecular formula is C30H41F3N4O2. The molecule has 2 aliphatic heterocycles. The Bertz CT molecular complexity index is 1050. The van der Waals surface area contributed by atoms with Gasteiger partial charge in [0.25, 0.3) is 0 Å². The van der Waals surface area contributed by atoms with Crippen molar-refractivity contribution in [2.45, 2.75) is 64.5 Å². The number of rotatable bonds is 8. The summed E-state index contributed by atoms with van der Waals surface area (Å²) >= 11 is 0. The van der Waals surface area contributed by atoms with Crippen molar-refractivity contribution in [3.8, 4) is 0 Å². The fourth-order valence-corrected chi connectivity index (χ4v) is 5.19. The molecule has 9 heteroatoms.